The van der Waals surface area contributed by atoms with Crippen LogP contribution in [0.4, 0.5) is 0 Å². The van der Waals surface area contributed by atoms with Crippen LogP contribution in [-0.4, -0.2) is 23.5 Å². The van der Waals surface area contributed by atoms with E-state index in [-0.39, 0.29) is 17.9 Å². The smallest absolute Gasteiger partial charge is 0.226 e. The van der Waals surface area contributed by atoms with E-state index in [2.05, 4.69) is 24.3 Å². The Kier molecular flexibility index (Phi) is 3.48. The van der Waals surface area contributed by atoms with Crippen molar-refractivity contribution >= 4 is 5.91 Å². The van der Waals surface area contributed by atoms with Gasteiger partial charge in [-0.2, -0.15) is 0 Å². The Morgan fingerprint density at radius 2 is 1.88 bits per heavy atom. The molecule has 1 aromatic rings. The fourth-order valence-electron chi connectivity index (χ4n) is 2.51. The molecule has 0 fully saturated rings. The van der Waals surface area contributed by atoms with Gasteiger partial charge in [0.2, 0.25) is 5.91 Å². The summed E-state index contributed by atoms with van der Waals surface area (Å²) in [5.74, 6) is 0.174. The van der Waals surface area contributed by atoms with Gasteiger partial charge in [-0.25, -0.2) is 0 Å². The molecule has 0 aliphatic heterocycles. The summed E-state index contributed by atoms with van der Waals surface area (Å²) >= 11 is 0. The van der Waals surface area contributed by atoms with Crippen LogP contribution in [0.2, 0.25) is 0 Å². The first-order valence-corrected chi connectivity index (χ1v) is 6.20. The van der Waals surface area contributed by atoms with Crippen LogP contribution in [0.3, 0.4) is 0 Å². The summed E-state index contributed by atoms with van der Waals surface area (Å²) in [6.07, 6.45) is 1.87. The Morgan fingerprint density at radius 3 is 2.29 bits per heavy atom. The van der Waals surface area contributed by atoms with Crippen LogP contribution in [0.5, 0.6) is 0 Å². The first-order chi connectivity index (χ1) is 8.13. The molecule has 3 nitrogen and oxygen atoms in total. The number of rotatable bonds is 3. The van der Waals surface area contributed by atoms with Crippen molar-refractivity contribution in [3.8, 4) is 0 Å². The number of fused-ring (bicyclic) bond motifs is 1. The maximum atomic E-state index is 12.1. The van der Waals surface area contributed by atoms with Gasteiger partial charge >= 0.3 is 0 Å². The number of benzene rings is 1. The largest absolute Gasteiger partial charge is 0.326 e. The molecular formula is C14H20N2O. The summed E-state index contributed by atoms with van der Waals surface area (Å²) in [5.41, 5.74) is 8.44. The van der Waals surface area contributed by atoms with E-state index in [9.17, 15) is 4.79 Å². The molecule has 2 N–H and O–H groups in total. The van der Waals surface area contributed by atoms with Crippen LogP contribution >= 0.6 is 0 Å². The van der Waals surface area contributed by atoms with Crippen molar-refractivity contribution < 1.29 is 4.79 Å². The lowest BCUT2D eigenvalue weighted by Gasteiger charge is -2.29. The average molecular weight is 232 g/mol. The quantitative estimate of drug-likeness (QED) is 0.804. The first-order valence-electron chi connectivity index (χ1n) is 6.20. The van der Waals surface area contributed by atoms with E-state index in [4.69, 9.17) is 5.73 Å². The summed E-state index contributed by atoms with van der Waals surface area (Å²) in [5, 5.41) is 0. The van der Waals surface area contributed by atoms with Crippen molar-refractivity contribution in [3.05, 3.63) is 35.4 Å². The number of amides is 1. The molecule has 2 rings (SSSR count). The van der Waals surface area contributed by atoms with E-state index in [0.717, 1.165) is 12.8 Å². The minimum atomic E-state index is 0.0160. The predicted molar refractivity (Wildman–Crippen MR) is 68.4 cm³/mol. The molecule has 17 heavy (non-hydrogen) atoms. The van der Waals surface area contributed by atoms with E-state index in [1.807, 2.05) is 18.7 Å². The molecule has 1 amide bonds. The molecule has 0 spiro atoms. The lowest BCUT2D eigenvalue weighted by Crippen LogP contribution is -2.46. The predicted octanol–water partition coefficient (Wildman–Crippen LogP) is 1.55. The third-order valence-corrected chi connectivity index (χ3v) is 3.44. The van der Waals surface area contributed by atoms with Gasteiger partial charge in [0.15, 0.2) is 0 Å². The van der Waals surface area contributed by atoms with Crippen LogP contribution in [-0.2, 0) is 17.6 Å². The molecule has 3 heteroatoms. The number of carbonyl (C=O) groups excluding carboxylic acids is 1. The maximum Gasteiger partial charge on any atom is 0.226 e. The molecule has 0 bridgehead atoms. The van der Waals surface area contributed by atoms with Crippen molar-refractivity contribution in [1.82, 2.24) is 4.90 Å². The number of carbonyl (C=O) groups is 1. The van der Waals surface area contributed by atoms with Gasteiger partial charge in [-0.05, 0) is 24.0 Å². The third kappa shape index (κ3) is 2.34. The molecule has 0 saturated heterocycles. The van der Waals surface area contributed by atoms with Crippen LogP contribution in [0.15, 0.2) is 24.3 Å². The monoisotopic (exact) mass is 232 g/mol. The van der Waals surface area contributed by atoms with Gasteiger partial charge in [0, 0.05) is 12.0 Å². The second-order valence-corrected chi connectivity index (χ2v) is 4.98. The van der Waals surface area contributed by atoms with Crippen LogP contribution in [0, 0.1) is 5.92 Å². The van der Waals surface area contributed by atoms with E-state index in [1.165, 1.54) is 11.1 Å². The number of hydrogen-bond acceptors (Lipinski definition) is 2. The van der Waals surface area contributed by atoms with Crippen molar-refractivity contribution in [2.75, 3.05) is 6.67 Å². The zero-order chi connectivity index (χ0) is 12.4. The highest BCUT2D eigenvalue weighted by Crippen LogP contribution is 2.25. The number of nitrogens with zero attached hydrogens (tertiary/aromatic N) is 1. The summed E-state index contributed by atoms with van der Waals surface area (Å²) in [7, 11) is 0. The standard InChI is InChI=1S/C14H20N2O/c1-10(2)14(17)16(9-15)13-7-11-5-3-4-6-12(11)8-13/h3-6,10,13H,7-9,15H2,1-2H3. The third-order valence-electron chi connectivity index (χ3n) is 3.44. The van der Waals surface area contributed by atoms with E-state index >= 15 is 0 Å². The Labute approximate surface area is 103 Å². The molecule has 1 aliphatic rings. The second-order valence-electron chi connectivity index (χ2n) is 4.98. The highest BCUT2D eigenvalue weighted by atomic mass is 16.2. The zero-order valence-corrected chi connectivity index (χ0v) is 10.5. The maximum absolute atomic E-state index is 12.1. The normalized spacial score (nSPS) is 15.1. The van der Waals surface area contributed by atoms with Crippen molar-refractivity contribution in [2.45, 2.75) is 32.7 Å². The SMILES string of the molecule is CC(C)C(=O)N(CN)C1Cc2ccccc2C1. The number of nitrogens with two attached hydrogens (primary N) is 1. The van der Waals surface area contributed by atoms with Crippen LogP contribution in [0.25, 0.3) is 0 Å². The summed E-state index contributed by atoms with van der Waals surface area (Å²) in [4.78, 5) is 13.9. The lowest BCUT2D eigenvalue weighted by molar-refractivity contribution is -0.136. The van der Waals surface area contributed by atoms with Crippen LogP contribution < -0.4 is 5.73 Å². The molecule has 0 heterocycles. The Hall–Kier alpha value is -1.35. The molecule has 0 atom stereocenters. The summed E-state index contributed by atoms with van der Waals surface area (Å²) < 4.78 is 0. The van der Waals surface area contributed by atoms with Crippen molar-refractivity contribution in [3.63, 3.8) is 0 Å². The molecule has 0 aromatic heterocycles. The van der Waals surface area contributed by atoms with Crippen molar-refractivity contribution in [1.29, 1.82) is 0 Å². The van der Waals surface area contributed by atoms with E-state index in [0.29, 0.717) is 6.67 Å². The van der Waals surface area contributed by atoms with Gasteiger partial charge in [-0.15, -0.1) is 0 Å². The summed E-state index contributed by atoms with van der Waals surface area (Å²) in [6, 6.07) is 8.64. The second kappa shape index (κ2) is 4.88. The molecule has 92 valence electrons. The molecule has 1 aromatic carbocycles. The molecular weight excluding hydrogens is 212 g/mol. The fraction of sp³-hybridized carbons (Fsp3) is 0.500. The lowest BCUT2D eigenvalue weighted by atomic mass is 10.1. The van der Waals surface area contributed by atoms with Crippen LogP contribution in [0.1, 0.15) is 25.0 Å². The Morgan fingerprint density at radius 1 is 1.35 bits per heavy atom. The highest BCUT2D eigenvalue weighted by Gasteiger charge is 2.29. The minimum Gasteiger partial charge on any atom is -0.326 e. The fourth-order valence-corrected chi connectivity index (χ4v) is 2.51. The Bertz CT molecular complexity index is 389. The molecule has 0 saturated carbocycles. The number of hydrogen-bond donors (Lipinski definition) is 1. The van der Waals surface area contributed by atoms with E-state index in [1.54, 1.807) is 0 Å². The summed E-state index contributed by atoms with van der Waals surface area (Å²) in [6.45, 7) is 4.16. The highest BCUT2D eigenvalue weighted by molar-refractivity contribution is 5.78. The van der Waals surface area contributed by atoms with Crippen molar-refractivity contribution in [2.24, 2.45) is 11.7 Å². The minimum absolute atomic E-state index is 0.0160. The van der Waals surface area contributed by atoms with E-state index < -0.39 is 0 Å². The van der Waals surface area contributed by atoms with Gasteiger partial charge in [0.25, 0.3) is 0 Å². The molecule has 1 aliphatic carbocycles. The van der Waals surface area contributed by atoms with Gasteiger partial charge in [0.1, 0.15) is 0 Å². The average Bonchev–Trinajstić information content (AvgIpc) is 2.72. The topological polar surface area (TPSA) is 46.3 Å². The first kappa shape index (κ1) is 12.1. The Balaban J connectivity index is 2.13. The van der Waals surface area contributed by atoms with Gasteiger partial charge in [-0.3, -0.25) is 4.79 Å². The van der Waals surface area contributed by atoms with Gasteiger partial charge < -0.3 is 10.6 Å². The molecule has 0 radical (unpaired) electrons. The van der Waals surface area contributed by atoms with Gasteiger partial charge in [0.05, 0.1) is 6.67 Å². The zero-order valence-electron chi connectivity index (χ0n) is 10.5. The molecule has 0 unspecified atom stereocenters. The van der Waals surface area contributed by atoms with Gasteiger partial charge in [-0.1, -0.05) is 38.1 Å².